The lowest BCUT2D eigenvalue weighted by Crippen LogP contribution is -2.31. The maximum absolute atomic E-state index is 12.5. The van der Waals surface area contributed by atoms with E-state index in [9.17, 15) is 13.6 Å². The van der Waals surface area contributed by atoms with Crippen molar-refractivity contribution in [3.63, 3.8) is 0 Å². The normalized spacial score (nSPS) is 14.7. The van der Waals surface area contributed by atoms with Crippen LogP contribution in [0.4, 0.5) is 8.78 Å². The molecule has 2 nitrogen and oxygen atoms in total. The minimum atomic E-state index is -2.61. The van der Waals surface area contributed by atoms with Crippen LogP contribution in [0.5, 0.6) is 0 Å². The SMILES string of the molecule is CC(F)(F)CCCCSC(C(=O)O)C(C)(C)C. The van der Waals surface area contributed by atoms with E-state index in [0.717, 1.165) is 6.92 Å². The molecule has 0 aliphatic heterocycles. The second kappa shape index (κ2) is 6.57. The lowest BCUT2D eigenvalue weighted by atomic mass is 9.92. The molecule has 0 fully saturated rings. The Morgan fingerprint density at radius 2 is 1.76 bits per heavy atom. The van der Waals surface area contributed by atoms with Crippen LogP contribution < -0.4 is 0 Å². The first-order chi connectivity index (χ1) is 7.54. The van der Waals surface area contributed by atoms with Gasteiger partial charge >= 0.3 is 5.97 Å². The molecular weight excluding hydrogens is 246 g/mol. The molecule has 0 spiro atoms. The first-order valence-corrected chi connectivity index (χ1v) is 6.81. The van der Waals surface area contributed by atoms with Gasteiger partial charge in [0, 0.05) is 6.42 Å². The van der Waals surface area contributed by atoms with Gasteiger partial charge in [0.2, 0.25) is 5.92 Å². The van der Waals surface area contributed by atoms with Gasteiger partial charge in [-0.05, 0) is 30.9 Å². The smallest absolute Gasteiger partial charge is 0.317 e. The third kappa shape index (κ3) is 8.41. The van der Waals surface area contributed by atoms with Crippen molar-refractivity contribution in [3.8, 4) is 0 Å². The Kier molecular flexibility index (Phi) is 6.45. The second-order valence-corrected chi connectivity index (χ2v) is 6.70. The number of halogens is 2. The molecular formula is C12H22F2O2S. The monoisotopic (exact) mass is 268 g/mol. The average molecular weight is 268 g/mol. The highest BCUT2D eigenvalue weighted by atomic mass is 32.2. The molecule has 0 saturated heterocycles. The Hall–Kier alpha value is -0.320. The molecule has 0 aromatic heterocycles. The summed E-state index contributed by atoms with van der Waals surface area (Å²) in [5.74, 6) is -2.83. The van der Waals surface area contributed by atoms with Crippen molar-refractivity contribution in [3.05, 3.63) is 0 Å². The van der Waals surface area contributed by atoms with Gasteiger partial charge in [0.15, 0.2) is 0 Å². The van der Waals surface area contributed by atoms with E-state index in [2.05, 4.69) is 0 Å². The fourth-order valence-electron chi connectivity index (χ4n) is 1.43. The highest BCUT2D eigenvalue weighted by molar-refractivity contribution is 8.00. The van der Waals surface area contributed by atoms with Crippen LogP contribution in [0.3, 0.4) is 0 Å². The number of carbonyl (C=O) groups is 1. The predicted octanol–water partition coefficient (Wildman–Crippen LogP) is 4.04. The van der Waals surface area contributed by atoms with Crippen LogP contribution in [-0.4, -0.2) is 28.0 Å². The van der Waals surface area contributed by atoms with E-state index in [0.29, 0.717) is 18.6 Å². The summed E-state index contributed by atoms with van der Waals surface area (Å²) < 4.78 is 25.0. The molecule has 1 atom stereocenters. The summed E-state index contributed by atoms with van der Waals surface area (Å²) in [6.45, 7) is 6.53. The minimum Gasteiger partial charge on any atom is -0.480 e. The summed E-state index contributed by atoms with van der Waals surface area (Å²) in [5, 5.41) is 8.57. The molecule has 102 valence electrons. The lowest BCUT2D eigenvalue weighted by Gasteiger charge is -2.26. The van der Waals surface area contributed by atoms with Gasteiger partial charge in [-0.15, -0.1) is 11.8 Å². The van der Waals surface area contributed by atoms with E-state index in [1.807, 2.05) is 20.8 Å². The fraction of sp³-hybridized carbons (Fsp3) is 0.917. The van der Waals surface area contributed by atoms with E-state index in [-0.39, 0.29) is 11.8 Å². The van der Waals surface area contributed by atoms with Gasteiger partial charge in [0.1, 0.15) is 5.25 Å². The number of carboxylic acid groups (broad SMARTS) is 1. The van der Waals surface area contributed by atoms with Crippen LogP contribution in [0.25, 0.3) is 0 Å². The van der Waals surface area contributed by atoms with Crippen molar-refractivity contribution in [2.75, 3.05) is 5.75 Å². The summed E-state index contributed by atoms with van der Waals surface area (Å²) in [6, 6.07) is 0. The van der Waals surface area contributed by atoms with Crippen molar-refractivity contribution in [1.82, 2.24) is 0 Å². The van der Waals surface area contributed by atoms with Crippen LogP contribution in [0, 0.1) is 5.41 Å². The number of alkyl halides is 2. The lowest BCUT2D eigenvalue weighted by molar-refractivity contribution is -0.138. The summed E-state index contributed by atoms with van der Waals surface area (Å²) in [4.78, 5) is 11.0. The Bertz CT molecular complexity index is 244. The van der Waals surface area contributed by atoms with E-state index in [4.69, 9.17) is 5.11 Å². The Balaban J connectivity index is 3.90. The highest BCUT2D eigenvalue weighted by Crippen LogP contribution is 2.31. The Morgan fingerprint density at radius 1 is 1.24 bits per heavy atom. The van der Waals surface area contributed by atoms with E-state index in [1.165, 1.54) is 11.8 Å². The zero-order chi connectivity index (χ0) is 13.7. The van der Waals surface area contributed by atoms with Crippen molar-refractivity contribution >= 4 is 17.7 Å². The number of rotatable bonds is 7. The third-order valence-electron chi connectivity index (χ3n) is 2.31. The summed E-state index contributed by atoms with van der Waals surface area (Å²) >= 11 is 1.34. The molecule has 0 aromatic rings. The predicted molar refractivity (Wildman–Crippen MR) is 67.8 cm³/mol. The molecule has 0 saturated carbocycles. The maximum Gasteiger partial charge on any atom is 0.317 e. The van der Waals surface area contributed by atoms with Gasteiger partial charge in [0.05, 0.1) is 0 Å². The van der Waals surface area contributed by atoms with Crippen molar-refractivity contribution in [1.29, 1.82) is 0 Å². The molecule has 1 N–H and O–H groups in total. The van der Waals surface area contributed by atoms with Gasteiger partial charge in [-0.25, -0.2) is 8.78 Å². The van der Waals surface area contributed by atoms with Crippen LogP contribution >= 0.6 is 11.8 Å². The number of hydrogen-bond acceptors (Lipinski definition) is 2. The van der Waals surface area contributed by atoms with E-state index < -0.39 is 17.1 Å². The molecule has 5 heteroatoms. The molecule has 0 rings (SSSR count). The largest absolute Gasteiger partial charge is 0.480 e. The van der Waals surface area contributed by atoms with Gasteiger partial charge in [-0.1, -0.05) is 20.8 Å². The fourth-order valence-corrected chi connectivity index (χ4v) is 2.68. The number of hydrogen-bond donors (Lipinski definition) is 1. The van der Waals surface area contributed by atoms with Gasteiger partial charge in [-0.2, -0.15) is 0 Å². The first kappa shape index (κ1) is 16.7. The molecule has 0 aliphatic rings. The molecule has 1 unspecified atom stereocenters. The Morgan fingerprint density at radius 3 is 2.12 bits per heavy atom. The standard InChI is InChI=1S/C12H22F2O2S/c1-11(2,3)9(10(15)16)17-8-6-5-7-12(4,13)14/h9H,5-8H2,1-4H3,(H,15,16). The van der Waals surface area contributed by atoms with Crippen molar-refractivity contribution in [2.24, 2.45) is 5.41 Å². The number of carboxylic acids is 1. The van der Waals surface area contributed by atoms with Crippen molar-refractivity contribution < 1.29 is 18.7 Å². The minimum absolute atomic E-state index is 0.124. The van der Waals surface area contributed by atoms with Crippen LogP contribution in [0.1, 0.15) is 47.0 Å². The van der Waals surface area contributed by atoms with Gasteiger partial charge in [0.25, 0.3) is 0 Å². The molecule has 0 bridgehead atoms. The van der Waals surface area contributed by atoms with Crippen LogP contribution in [0.15, 0.2) is 0 Å². The molecule has 17 heavy (non-hydrogen) atoms. The quantitative estimate of drug-likeness (QED) is 0.708. The van der Waals surface area contributed by atoms with Gasteiger partial charge < -0.3 is 5.11 Å². The summed E-state index contributed by atoms with van der Waals surface area (Å²) in [6.07, 6.45) is 0.946. The van der Waals surface area contributed by atoms with Crippen LogP contribution in [0.2, 0.25) is 0 Å². The average Bonchev–Trinajstić information content (AvgIpc) is 2.05. The first-order valence-electron chi connectivity index (χ1n) is 5.76. The maximum atomic E-state index is 12.5. The molecule has 0 heterocycles. The Labute approximate surface area is 106 Å². The molecule has 0 radical (unpaired) electrons. The van der Waals surface area contributed by atoms with Crippen molar-refractivity contribution in [2.45, 2.75) is 58.1 Å². The highest BCUT2D eigenvalue weighted by Gasteiger charge is 2.31. The molecule has 0 aliphatic carbocycles. The third-order valence-corrected chi connectivity index (χ3v) is 4.07. The van der Waals surface area contributed by atoms with Gasteiger partial charge in [-0.3, -0.25) is 4.79 Å². The zero-order valence-electron chi connectivity index (χ0n) is 10.9. The van der Waals surface area contributed by atoms with Crippen LogP contribution in [-0.2, 0) is 4.79 Å². The molecule has 0 aromatic carbocycles. The zero-order valence-corrected chi connectivity index (χ0v) is 11.7. The van der Waals surface area contributed by atoms with E-state index in [1.54, 1.807) is 0 Å². The summed E-state index contributed by atoms with van der Waals surface area (Å²) in [5.41, 5.74) is -0.314. The second-order valence-electron chi connectivity index (χ2n) is 5.48. The number of aliphatic carboxylic acids is 1. The number of unbranched alkanes of at least 4 members (excludes halogenated alkanes) is 1. The molecule has 0 amide bonds. The number of thioether (sulfide) groups is 1. The topological polar surface area (TPSA) is 37.3 Å². The van der Waals surface area contributed by atoms with E-state index >= 15 is 0 Å². The summed E-state index contributed by atoms with van der Waals surface area (Å²) in [7, 11) is 0.